The number of nitrogens with zero attached hydrogens (tertiary/aromatic N) is 7. The lowest BCUT2D eigenvalue weighted by Crippen LogP contribution is -2.44. The van der Waals surface area contributed by atoms with Crippen LogP contribution in [-0.2, 0) is 16.1 Å². The number of hydrogen-bond donors (Lipinski definition) is 1. The minimum absolute atomic E-state index is 0.124. The molecule has 1 aliphatic heterocycles. The highest BCUT2D eigenvalue weighted by atomic mass is 79.9. The monoisotopic (exact) mass is 632 g/mol. The fraction of sp³-hybridized carbons (Fsp3) is 0.276. The van der Waals surface area contributed by atoms with Crippen LogP contribution in [0.4, 0.5) is 10.2 Å². The number of alkyl halides is 1. The maximum Gasteiger partial charge on any atom is 0.248 e. The van der Waals surface area contributed by atoms with E-state index in [9.17, 15) is 18.8 Å². The van der Waals surface area contributed by atoms with Gasteiger partial charge in [-0.15, -0.1) is 0 Å². The molecule has 0 aliphatic carbocycles. The van der Waals surface area contributed by atoms with Crippen molar-refractivity contribution in [3.05, 3.63) is 70.3 Å². The van der Waals surface area contributed by atoms with Gasteiger partial charge in [0.15, 0.2) is 11.4 Å². The zero-order valence-electron chi connectivity index (χ0n) is 23.0. The van der Waals surface area contributed by atoms with Crippen molar-refractivity contribution in [1.82, 2.24) is 34.3 Å². The van der Waals surface area contributed by atoms with Crippen molar-refractivity contribution >= 4 is 55.9 Å². The Balaban J connectivity index is 1.27. The molecule has 5 aromatic rings. The minimum Gasteiger partial charge on any atom is -0.326 e. The molecular weight excluding hydrogens is 607 g/mol. The normalized spacial score (nSPS) is 16.8. The standard InChI is InChI=1S/C29H26BrFN8O3/c1-15-6-24(30)33-25(7-15)34-29(42)23-10-20(31)13-37(23)27(41)14-38-22-5-4-18(9-21(22)28(36-38)17(3)40)19-11-32-26-8-16(2)35-39(26)12-19/h4-9,11-12,20,23H,10,13-14H2,1-3H3,(H,33,34,42)/t20-,23+/m1/s1. The van der Waals surface area contributed by atoms with Gasteiger partial charge in [0, 0.05) is 42.8 Å². The van der Waals surface area contributed by atoms with Crippen LogP contribution in [0.3, 0.4) is 0 Å². The smallest absolute Gasteiger partial charge is 0.248 e. The molecule has 13 heteroatoms. The molecule has 4 aromatic heterocycles. The molecule has 1 aliphatic rings. The van der Waals surface area contributed by atoms with Gasteiger partial charge in [0.25, 0.3) is 0 Å². The van der Waals surface area contributed by atoms with Crippen molar-refractivity contribution in [2.24, 2.45) is 0 Å². The van der Waals surface area contributed by atoms with Crippen LogP contribution in [0.2, 0.25) is 0 Å². The highest BCUT2D eigenvalue weighted by molar-refractivity contribution is 9.10. The molecule has 2 amide bonds. The van der Waals surface area contributed by atoms with Crippen LogP contribution < -0.4 is 5.32 Å². The number of aryl methyl sites for hydroxylation is 2. The molecule has 214 valence electrons. The van der Waals surface area contributed by atoms with Gasteiger partial charge in [-0.05, 0) is 65.2 Å². The Morgan fingerprint density at radius 3 is 2.67 bits per heavy atom. The summed E-state index contributed by atoms with van der Waals surface area (Å²) in [5.74, 6) is -0.968. The van der Waals surface area contributed by atoms with Crippen LogP contribution >= 0.6 is 15.9 Å². The van der Waals surface area contributed by atoms with Crippen LogP contribution in [0.25, 0.3) is 27.7 Å². The number of halogens is 2. The number of ketones is 1. The van der Waals surface area contributed by atoms with Gasteiger partial charge in [0.2, 0.25) is 11.8 Å². The van der Waals surface area contributed by atoms with Crippen LogP contribution in [-0.4, -0.2) is 70.6 Å². The largest absolute Gasteiger partial charge is 0.326 e. The zero-order valence-corrected chi connectivity index (χ0v) is 24.6. The first-order valence-corrected chi connectivity index (χ1v) is 14.1. The van der Waals surface area contributed by atoms with E-state index >= 15 is 0 Å². The first-order chi connectivity index (χ1) is 20.0. The van der Waals surface area contributed by atoms with E-state index in [0.717, 1.165) is 28.0 Å². The van der Waals surface area contributed by atoms with Gasteiger partial charge in [-0.3, -0.25) is 19.1 Å². The topological polar surface area (TPSA) is 127 Å². The number of amides is 2. The maximum atomic E-state index is 14.5. The van der Waals surface area contributed by atoms with E-state index < -0.39 is 24.0 Å². The van der Waals surface area contributed by atoms with E-state index in [0.29, 0.717) is 21.3 Å². The average Bonchev–Trinajstić information content (AvgIpc) is 3.61. The summed E-state index contributed by atoms with van der Waals surface area (Å²) >= 11 is 3.30. The summed E-state index contributed by atoms with van der Waals surface area (Å²) in [6, 6.07) is 9.81. The molecule has 6 rings (SSSR count). The molecule has 0 bridgehead atoms. The molecule has 0 saturated carbocycles. The third-order valence-corrected chi connectivity index (χ3v) is 7.61. The van der Waals surface area contributed by atoms with E-state index in [2.05, 4.69) is 41.4 Å². The van der Waals surface area contributed by atoms with Crippen molar-refractivity contribution in [2.75, 3.05) is 11.9 Å². The SMILES string of the molecule is CC(=O)c1nn(CC(=O)N2C[C@H](F)C[C@H]2C(=O)Nc2cc(C)cc(Br)n2)c2ccc(-c3cnc4cc(C)nn4c3)cc12. The van der Waals surface area contributed by atoms with Crippen LogP contribution in [0.15, 0.2) is 53.4 Å². The van der Waals surface area contributed by atoms with Gasteiger partial charge in [0.05, 0.1) is 17.8 Å². The van der Waals surface area contributed by atoms with E-state index in [4.69, 9.17) is 0 Å². The molecule has 0 unspecified atom stereocenters. The predicted molar refractivity (Wildman–Crippen MR) is 157 cm³/mol. The lowest BCUT2D eigenvalue weighted by Gasteiger charge is -2.23. The lowest BCUT2D eigenvalue weighted by atomic mass is 10.0. The van der Waals surface area contributed by atoms with Crippen molar-refractivity contribution in [1.29, 1.82) is 0 Å². The lowest BCUT2D eigenvalue weighted by molar-refractivity contribution is -0.137. The second-order valence-electron chi connectivity index (χ2n) is 10.5. The summed E-state index contributed by atoms with van der Waals surface area (Å²) in [4.78, 5) is 49.0. The van der Waals surface area contributed by atoms with E-state index in [1.807, 2.05) is 38.2 Å². The third-order valence-electron chi connectivity index (χ3n) is 7.20. The number of aromatic nitrogens is 6. The molecule has 1 aromatic carbocycles. The molecule has 11 nitrogen and oxygen atoms in total. The molecule has 1 N–H and O–H groups in total. The van der Waals surface area contributed by atoms with Crippen molar-refractivity contribution in [3.8, 4) is 11.1 Å². The van der Waals surface area contributed by atoms with Crippen molar-refractivity contribution in [3.63, 3.8) is 0 Å². The number of carbonyl (C=O) groups is 3. The quantitative estimate of drug-likeness (QED) is 0.218. The molecule has 0 radical (unpaired) electrons. The van der Waals surface area contributed by atoms with Crippen molar-refractivity contribution < 1.29 is 18.8 Å². The number of fused-ring (bicyclic) bond motifs is 2. The van der Waals surface area contributed by atoms with Crippen LogP contribution in [0, 0.1) is 13.8 Å². The Labute approximate surface area is 247 Å². The summed E-state index contributed by atoms with van der Waals surface area (Å²) in [6.45, 7) is 4.67. The Morgan fingerprint density at radius 2 is 1.90 bits per heavy atom. The zero-order chi connectivity index (χ0) is 29.7. The van der Waals surface area contributed by atoms with Crippen molar-refractivity contribution in [2.45, 2.75) is 46.0 Å². The number of carbonyl (C=O) groups excluding carboxylic acids is 3. The van der Waals surface area contributed by atoms with Gasteiger partial charge < -0.3 is 10.2 Å². The Bertz CT molecular complexity index is 1880. The fourth-order valence-electron chi connectivity index (χ4n) is 5.31. The first-order valence-electron chi connectivity index (χ1n) is 13.3. The molecular formula is C29H26BrFN8O3. The van der Waals surface area contributed by atoms with Gasteiger partial charge in [-0.1, -0.05) is 6.07 Å². The summed E-state index contributed by atoms with van der Waals surface area (Å²) in [5.41, 5.74) is 4.80. The molecule has 0 spiro atoms. The number of nitrogens with one attached hydrogen (secondary N) is 1. The molecule has 2 atom stereocenters. The fourth-order valence-corrected chi connectivity index (χ4v) is 5.86. The molecule has 1 saturated heterocycles. The number of anilines is 1. The highest BCUT2D eigenvalue weighted by Gasteiger charge is 2.40. The second kappa shape index (κ2) is 10.7. The first kappa shape index (κ1) is 27.6. The number of hydrogen-bond acceptors (Lipinski definition) is 7. The van der Waals surface area contributed by atoms with Crippen LogP contribution in [0.5, 0.6) is 0 Å². The molecule has 1 fully saturated rings. The average molecular weight is 633 g/mol. The number of pyridine rings is 1. The van der Waals surface area contributed by atoms with E-state index in [1.54, 1.807) is 28.9 Å². The van der Waals surface area contributed by atoms with Gasteiger partial charge in [-0.25, -0.2) is 18.9 Å². The number of benzene rings is 1. The van der Waals surface area contributed by atoms with Gasteiger partial charge in [-0.2, -0.15) is 10.2 Å². The highest BCUT2D eigenvalue weighted by Crippen LogP contribution is 2.28. The molecule has 5 heterocycles. The Morgan fingerprint density at radius 1 is 1.10 bits per heavy atom. The third kappa shape index (κ3) is 5.27. The van der Waals surface area contributed by atoms with Gasteiger partial charge >= 0.3 is 0 Å². The summed E-state index contributed by atoms with van der Waals surface area (Å²) in [6.07, 6.45) is 2.11. The maximum absolute atomic E-state index is 14.5. The predicted octanol–water partition coefficient (Wildman–Crippen LogP) is 4.30. The minimum atomic E-state index is -1.35. The molecule has 42 heavy (non-hydrogen) atoms. The van der Waals surface area contributed by atoms with E-state index in [-0.39, 0.29) is 31.0 Å². The van der Waals surface area contributed by atoms with E-state index in [1.165, 1.54) is 16.5 Å². The summed E-state index contributed by atoms with van der Waals surface area (Å²) in [5, 5.41) is 12.1. The summed E-state index contributed by atoms with van der Waals surface area (Å²) in [7, 11) is 0. The Hall–Kier alpha value is -4.52. The Kier molecular flexibility index (Phi) is 7.05. The number of Topliss-reactive ketones (excluding diaryl/α,β-unsaturated/α-hetero) is 1. The van der Waals surface area contributed by atoms with Gasteiger partial charge in [0.1, 0.15) is 34.9 Å². The number of rotatable bonds is 6. The van der Waals surface area contributed by atoms with Crippen LogP contribution in [0.1, 0.15) is 35.1 Å². The number of likely N-dealkylation sites (tertiary alicyclic amines) is 1. The second-order valence-corrected chi connectivity index (χ2v) is 11.3. The summed E-state index contributed by atoms with van der Waals surface area (Å²) < 4.78 is 18.2.